The van der Waals surface area contributed by atoms with E-state index in [1.807, 2.05) is 0 Å². The van der Waals surface area contributed by atoms with Crippen molar-refractivity contribution in [3.8, 4) is 0 Å². The van der Waals surface area contributed by atoms with Gasteiger partial charge in [0.1, 0.15) is 0 Å². The maximum Gasteiger partial charge on any atom is 0.401 e. The van der Waals surface area contributed by atoms with Crippen molar-refractivity contribution >= 4 is 0 Å². The largest absolute Gasteiger partial charge is 0.401 e. The van der Waals surface area contributed by atoms with Gasteiger partial charge in [-0.3, -0.25) is 4.90 Å². The summed E-state index contributed by atoms with van der Waals surface area (Å²) in [5.41, 5.74) is 0.321. The van der Waals surface area contributed by atoms with E-state index in [4.69, 9.17) is 0 Å². The lowest BCUT2D eigenvalue weighted by atomic mass is 9.73. The van der Waals surface area contributed by atoms with E-state index in [2.05, 4.69) is 19.2 Å². The number of hydrogen-bond donors (Lipinski definition) is 1. The van der Waals surface area contributed by atoms with Crippen molar-refractivity contribution in [3.63, 3.8) is 0 Å². The number of nitrogens with one attached hydrogen (secondary N) is 1. The summed E-state index contributed by atoms with van der Waals surface area (Å²) in [7, 11) is 0. The lowest BCUT2D eigenvalue weighted by molar-refractivity contribution is -0.148. The molecule has 0 bridgehead atoms. The van der Waals surface area contributed by atoms with Gasteiger partial charge in [0, 0.05) is 12.1 Å². The molecule has 1 saturated heterocycles. The van der Waals surface area contributed by atoms with Gasteiger partial charge in [-0.1, -0.05) is 26.7 Å². The molecule has 1 atom stereocenters. The molecular formula is C15H27F3N2. The number of halogens is 3. The monoisotopic (exact) mass is 292 g/mol. The van der Waals surface area contributed by atoms with Crippen molar-refractivity contribution in [2.24, 2.45) is 5.41 Å². The van der Waals surface area contributed by atoms with Crippen molar-refractivity contribution in [1.29, 1.82) is 0 Å². The molecular weight excluding hydrogens is 265 g/mol. The summed E-state index contributed by atoms with van der Waals surface area (Å²) in [5, 5.41) is 3.72. The Hall–Kier alpha value is -0.290. The molecule has 1 unspecified atom stereocenters. The smallest absolute Gasteiger partial charge is 0.311 e. The number of piperidine rings is 1. The highest BCUT2D eigenvalue weighted by molar-refractivity contribution is 4.91. The van der Waals surface area contributed by atoms with Gasteiger partial charge in [0.05, 0.1) is 6.54 Å². The van der Waals surface area contributed by atoms with Crippen LogP contribution in [0.15, 0.2) is 0 Å². The van der Waals surface area contributed by atoms with Gasteiger partial charge in [-0.25, -0.2) is 0 Å². The van der Waals surface area contributed by atoms with Gasteiger partial charge in [-0.15, -0.1) is 0 Å². The molecule has 1 aliphatic heterocycles. The fraction of sp³-hybridized carbons (Fsp3) is 1.00. The van der Waals surface area contributed by atoms with Crippen LogP contribution in [-0.4, -0.2) is 42.8 Å². The second kappa shape index (κ2) is 6.22. The molecule has 1 saturated carbocycles. The van der Waals surface area contributed by atoms with Gasteiger partial charge in [0.15, 0.2) is 0 Å². The Bertz CT molecular complexity index is 307. The predicted molar refractivity (Wildman–Crippen MR) is 74.7 cm³/mol. The zero-order valence-electron chi connectivity index (χ0n) is 12.6. The molecule has 20 heavy (non-hydrogen) atoms. The summed E-state index contributed by atoms with van der Waals surface area (Å²) in [5.74, 6) is 0. The van der Waals surface area contributed by atoms with Gasteiger partial charge in [0.25, 0.3) is 0 Å². The molecule has 2 rings (SSSR count). The van der Waals surface area contributed by atoms with Crippen LogP contribution in [0.1, 0.15) is 52.4 Å². The molecule has 0 amide bonds. The maximum absolute atomic E-state index is 12.4. The topological polar surface area (TPSA) is 15.3 Å². The second-order valence-electron chi connectivity index (χ2n) is 7.12. The van der Waals surface area contributed by atoms with Gasteiger partial charge < -0.3 is 5.32 Å². The van der Waals surface area contributed by atoms with Gasteiger partial charge >= 0.3 is 6.18 Å². The van der Waals surface area contributed by atoms with Crippen LogP contribution in [0, 0.1) is 5.41 Å². The summed E-state index contributed by atoms with van der Waals surface area (Å²) in [6.45, 7) is 4.98. The molecule has 1 heterocycles. The summed E-state index contributed by atoms with van der Waals surface area (Å²) in [6, 6.07) is 0.914. The summed E-state index contributed by atoms with van der Waals surface area (Å²) >= 11 is 0. The number of hydrogen-bond acceptors (Lipinski definition) is 2. The predicted octanol–water partition coefficient (Wildman–Crippen LogP) is 3.57. The minimum atomic E-state index is -4.06. The summed E-state index contributed by atoms with van der Waals surface area (Å²) in [4.78, 5) is 1.53. The van der Waals surface area contributed by atoms with Crippen molar-refractivity contribution in [3.05, 3.63) is 0 Å². The molecule has 118 valence electrons. The Balaban J connectivity index is 1.77. The fourth-order valence-electron chi connectivity index (χ4n) is 3.60. The van der Waals surface area contributed by atoms with Crippen molar-refractivity contribution in [1.82, 2.24) is 10.2 Å². The first kappa shape index (κ1) is 16.1. The fourth-order valence-corrected chi connectivity index (χ4v) is 3.60. The third-order valence-corrected chi connectivity index (χ3v) is 4.93. The van der Waals surface area contributed by atoms with E-state index >= 15 is 0 Å². The van der Waals surface area contributed by atoms with Gasteiger partial charge in [-0.05, 0) is 44.2 Å². The Morgan fingerprint density at radius 1 is 1.10 bits per heavy atom. The van der Waals surface area contributed by atoms with Crippen LogP contribution in [0.4, 0.5) is 13.2 Å². The minimum Gasteiger partial charge on any atom is -0.311 e. The molecule has 0 spiro atoms. The Morgan fingerprint density at radius 3 is 2.30 bits per heavy atom. The second-order valence-corrected chi connectivity index (χ2v) is 7.12. The average Bonchev–Trinajstić information content (AvgIpc) is 2.32. The quantitative estimate of drug-likeness (QED) is 0.855. The van der Waals surface area contributed by atoms with Crippen LogP contribution in [0.3, 0.4) is 0 Å². The highest BCUT2D eigenvalue weighted by Gasteiger charge is 2.36. The molecule has 2 fully saturated rings. The zero-order chi connectivity index (χ0) is 14.8. The van der Waals surface area contributed by atoms with Crippen LogP contribution in [0.25, 0.3) is 0 Å². The normalized spacial score (nSPS) is 29.6. The SMILES string of the molecule is CC1(C)CCCCC1NC1CCN(CC(F)(F)F)CC1. The van der Waals surface area contributed by atoms with Gasteiger partial charge in [-0.2, -0.15) is 13.2 Å². The van der Waals surface area contributed by atoms with E-state index in [-0.39, 0.29) is 0 Å². The average molecular weight is 292 g/mol. The van der Waals surface area contributed by atoms with Crippen LogP contribution in [0.2, 0.25) is 0 Å². The van der Waals surface area contributed by atoms with Crippen molar-refractivity contribution in [2.45, 2.75) is 70.6 Å². The lowest BCUT2D eigenvalue weighted by Crippen LogP contribution is -2.52. The summed E-state index contributed by atoms with van der Waals surface area (Å²) < 4.78 is 37.1. The van der Waals surface area contributed by atoms with Crippen LogP contribution in [0.5, 0.6) is 0 Å². The Labute approximate surface area is 120 Å². The van der Waals surface area contributed by atoms with Gasteiger partial charge in [0.2, 0.25) is 0 Å². The Kier molecular flexibility index (Phi) is 5.00. The highest BCUT2D eigenvalue weighted by atomic mass is 19.4. The molecule has 5 heteroatoms. The zero-order valence-corrected chi connectivity index (χ0v) is 12.6. The molecule has 1 N–H and O–H groups in total. The first-order valence-electron chi connectivity index (χ1n) is 7.81. The van der Waals surface area contributed by atoms with E-state index in [0.717, 1.165) is 12.8 Å². The lowest BCUT2D eigenvalue weighted by Gasteiger charge is -2.43. The number of alkyl halides is 3. The molecule has 2 nitrogen and oxygen atoms in total. The molecule has 0 aromatic rings. The van der Waals surface area contributed by atoms with E-state index in [9.17, 15) is 13.2 Å². The van der Waals surface area contributed by atoms with Crippen LogP contribution >= 0.6 is 0 Å². The van der Waals surface area contributed by atoms with Crippen molar-refractivity contribution in [2.75, 3.05) is 19.6 Å². The third-order valence-electron chi connectivity index (χ3n) is 4.93. The molecule has 0 radical (unpaired) electrons. The van der Waals surface area contributed by atoms with E-state index in [0.29, 0.717) is 30.6 Å². The van der Waals surface area contributed by atoms with E-state index < -0.39 is 12.7 Å². The standard InChI is InChI=1S/C15H27F3N2/c1-14(2)8-4-3-5-13(14)19-12-6-9-20(10-7-12)11-15(16,17)18/h12-13,19H,3-11H2,1-2H3. The van der Waals surface area contributed by atoms with Crippen LogP contribution < -0.4 is 5.32 Å². The minimum absolute atomic E-state index is 0.321. The summed E-state index contributed by atoms with van der Waals surface area (Å²) in [6.07, 6.45) is 2.63. The first-order chi connectivity index (χ1) is 9.26. The number of likely N-dealkylation sites (tertiary alicyclic amines) is 1. The first-order valence-corrected chi connectivity index (χ1v) is 7.81. The maximum atomic E-state index is 12.4. The number of rotatable bonds is 3. The van der Waals surface area contributed by atoms with E-state index in [1.165, 1.54) is 30.6 Å². The number of nitrogens with zero attached hydrogens (tertiary/aromatic N) is 1. The van der Waals surface area contributed by atoms with Crippen molar-refractivity contribution < 1.29 is 13.2 Å². The molecule has 0 aromatic carbocycles. The highest BCUT2D eigenvalue weighted by Crippen LogP contribution is 2.36. The third kappa shape index (κ3) is 4.62. The molecule has 2 aliphatic rings. The van der Waals surface area contributed by atoms with E-state index in [1.54, 1.807) is 0 Å². The molecule has 0 aromatic heterocycles. The van der Waals surface area contributed by atoms with Crippen LogP contribution in [-0.2, 0) is 0 Å². The molecule has 1 aliphatic carbocycles. The Morgan fingerprint density at radius 2 is 1.75 bits per heavy atom.